The third-order valence-electron chi connectivity index (χ3n) is 6.34. The molecule has 2 aromatic carbocycles. The average Bonchev–Trinajstić information content (AvgIpc) is 3.35. The zero-order valence-corrected chi connectivity index (χ0v) is 21.5. The van der Waals surface area contributed by atoms with Crippen LogP contribution in [0, 0.1) is 13.8 Å². The van der Waals surface area contributed by atoms with E-state index in [1.165, 1.54) is 0 Å². The molecule has 0 radical (unpaired) electrons. The topological polar surface area (TPSA) is 70.4 Å². The average molecular weight is 547 g/mol. The van der Waals surface area contributed by atoms with Gasteiger partial charge < -0.3 is 19.9 Å². The van der Waals surface area contributed by atoms with Crippen molar-refractivity contribution in [2.75, 3.05) is 4.90 Å². The van der Waals surface area contributed by atoms with E-state index in [1.807, 2.05) is 55.5 Å². The summed E-state index contributed by atoms with van der Waals surface area (Å²) in [7, 11) is 0. The van der Waals surface area contributed by atoms with Gasteiger partial charge in [-0.05, 0) is 92.3 Å². The Morgan fingerprint density at radius 3 is 2.49 bits per heavy atom. The smallest absolute Gasteiger partial charge is 0.335 e. The molecule has 2 N–H and O–H groups in total. The Morgan fingerprint density at radius 1 is 1.03 bits per heavy atom. The summed E-state index contributed by atoms with van der Waals surface area (Å²) >= 11 is 9.36. The van der Waals surface area contributed by atoms with Gasteiger partial charge in [-0.15, -0.1) is 0 Å². The van der Waals surface area contributed by atoms with Gasteiger partial charge in [-0.2, -0.15) is 0 Å². The second-order valence-electron chi connectivity index (χ2n) is 8.49. The molecule has 0 spiro atoms. The van der Waals surface area contributed by atoms with Crippen molar-refractivity contribution < 1.29 is 9.90 Å². The highest BCUT2D eigenvalue weighted by Gasteiger charge is 2.42. The molecule has 3 heterocycles. The highest BCUT2D eigenvalue weighted by Crippen LogP contribution is 2.43. The number of pyridine rings is 1. The van der Waals surface area contributed by atoms with Crippen molar-refractivity contribution in [2.45, 2.75) is 25.9 Å². The molecule has 1 saturated heterocycles. The number of hydrogen-bond donors (Lipinski definition) is 2. The fourth-order valence-electron chi connectivity index (χ4n) is 4.81. The summed E-state index contributed by atoms with van der Waals surface area (Å²) in [6.45, 7) is 4.09. The number of rotatable bonds is 5. The largest absolute Gasteiger partial charge is 0.478 e. The molecular weight excluding hydrogens is 524 g/mol. The second-order valence-corrected chi connectivity index (χ2v) is 9.79. The number of carboxylic acids is 1. The fourth-order valence-corrected chi connectivity index (χ4v) is 5.42. The van der Waals surface area contributed by atoms with Crippen LogP contribution in [0.25, 0.3) is 5.69 Å². The fraction of sp³-hybridized carbons (Fsp3) is 0.148. The summed E-state index contributed by atoms with van der Waals surface area (Å²) in [6.07, 6.45) is 1.79. The van der Waals surface area contributed by atoms with Gasteiger partial charge in [-0.25, -0.2) is 4.79 Å². The van der Waals surface area contributed by atoms with Gasteiger partial charge >= 0.3 is 5.97 Å². The number of aryl methyl sites for hydroxylation is 1. The van der Waals surface area contributed by atoms with Gasteiger partial charge in [-0.1, -0.05) is 28.1 Å². The maximum Gasteiger partial charge on any atom is 0.335 e. The van der Waals surface area contributed by atoms with Crippen molar-refractivity contribution in [3.63, 3.8) is 0 Å². The Hall–Kier alpha value is -3.49. The van der Waals surface area contributed by atoms with Crippen molar-refractivity contribution in [1.29, 1.82) is 0 Å². The predicted molar refractivity (Wildman–Crippen MR) is 144 cm³/mol. The van der Waals surface area contributed by atoms with E-state index in [-0.39, 0.29) is 17.6 Å². The van der Waals surface area contributed by atoms with Crippen LogP contribution in [0.2, 0.25) is 0 Å². The second kappa shape index (κ2) is 9.28. The number of nitrogens with one attached hydrogen (secondary N) is 1. The minimum atomic E-state index is -0.948. The molecule has 2 atom stereocenters. The van der Waals surface area contributed by atoms with Gasteiger partial charge in [0.25, 0.3) is 0 Å². The van der Waals surface area contributed by atoms with Crippen LogP contribution in [0.15, 0.2) is 83.5 Å². The lowest BCUT2D eigenvalue weighted by Crippen LogP contribution is -2.29. The van der Waals surface area contributed by atoms with Gasteiger partial charge in [0.05, 0.1) is 23.3 Å². The molecule has 2 aromatic heterocycles. The molecule has 1 aliphatic rings. The van der Waals surface area contributed by atoms with Gasteiger partial charge in [0.15, 0.2) is 5.11 Å². The summed E-state index contributed by atoms with van der Waals surface area (Å²) in [6, 6.07) is 22.8. The van der Waals surface area contributed by atoms with Crippen LogP contribution in [0.5, 0.6) is 0 Å². The lowest BCUT2D eigenvalue weighted by molar-refractivity contribution is 0.0697. The maximum absolute atomic E-state index is 11.6. The Bertz CT molecular complexity index is 1420. The van der Waals surface area contributed by atoms with Gasteiger partial charge in [0.1, 0.15) is 0 Å². The lowest BCUT2D eigenvalue weighted by atomic mass is 9.96. The Balaban J connectivity index is 1.67. The molecular formula is C27H23BrN4O2S. The maximum atomic E-state index is 11.6. The van der Waals surface area contributed by atoms with Crippen molar-refractivity contribution in [3.8, 4) is 5.69 Å². The zero-order chi connectivity index (χ0) is 24.7. The summed E-state index contributed by atoms with van der Waals surface area (Å²) in [5.74, 6) is -0.948. The summed E-state index contributed by atoms with van der Waals surface area (Å²) in [5.41, 5.74) is 6.06. The minimum Gasteiger partial charge on any atom is -0.478 e. The van der Waals surface area contributed by atoms with Gasteiger partial charge in [0.2, 0.25) is 0 Å². The zero-order valence-electron chi connectivity index (χ0n) is 19.1. The van der Waals surface area contributed by atoms with Crippen molar-refractivity contribution in [3.05, 3.63) is 112 Å². The summed E-state index contributed by atoms with van der Waals surface area (Å²) < 4.78 is 3.09. The Morgan fingerprint density at radius 2 is 1.80 bits per heavy atom. The van der Waals surface area contributed by atoms with Crippen molar-refractivity contribution in [2.24, 2.45) is 0 Å². The molecule has 0 aliphatic carbocycles. The van der Waals surface area contributed by atoms with E-state index in [9.17, 15) is 9.90 Å². The first-order valence-electron chi connectivity index (χ1n) is 11.1. The number of aromatic nitrogens is 2. The third kappa shape index (κ3) is 4.24. The van der Waals surface area contributed by atoms with Crippen LogP contribution >= 0.6 is 28.1 Å². The van der Waals surface area contributed by atoms with E-state index in [0.29, 0.717) is 5.11 Å². The molecule has 4 aromatic rings. The Kier molecular flexibility index (Phi) is 6.17. The van der Waals surface area contributed by atoms with E-state index in [2.05, 4.69) is 48.7 Å². The molecule has 35 heavy (non-hydrogen) atoms. The molecule has 5 rings (SSSR count). The van der Waals surface area contributed by atoms with E-state index in [0.717, 1.165) is 38.5 Å². The molecule has 176 valence electrons. The van der Waals surface area contributed by atoms with Crippen molar-refractivity contribution in [1.82, 2.24) is 14.9 Å². The number of anilines is 1. The molecule has 0 unspecified atom stereocenters. The number of benzene rings is 2. The highest BCUT2D eigenvalue weighted by atomic mass is 79.9. The van der Waals surface area contributed by atoms with Crippen LogP contribution in [-0.2, 0) is 0 Å². The first kappa shape index (κ1) is 23.3. The first-order valence-corrected chi connectivity index (χ1v) is 12.3. The quantitative estimate of drug-likeness (QED) is 0.293. The van der Waals surface area contributed by atoms with Gasteiger partial charge in [0, 0.05) is 33.4 Å². The predicted octanol–water partition coefficient (Wildman–Crippen LogP) is 6.13. The Labute approximate surface area is 217 Å². The number of carbonyl (C=O) groups is 1. The van der Waals surface area contributed by atoms with Crippen LogP contribution < -0.4 is 10.2 Å². The van der Waals surface area contributed by atoms with Crippen LogP contribution in [0.1, 0.15) is 45.1 Å². The van der Waals surface area contributed by atoms with E-state index < -0.39 is 5.97 Å². The monoisotopic (exact) mass is 546 g/mol. The van der Waals surface area contributed by atoms with Crippen LogP contribution in [-0.4, -0.2) is 25.7 Å². The SMILES string of the molecule is Cc1cc([C@@H]2[C@@H](c3ccccn3)NC(=S)N2c2ccc(Br)cc2)c(C)n1-c1cccc(C(=O)O)c1. The number of thiocarbonyl (C=S) groups is 1. The van der Waals surface area contributed by atoms with Crippen LogP contribution in [0.3, 0.4) is 0 Å². The molecule has 0 saturated carbocycles. The molecule has 1 aliphatic heterocycles. The third-order valence-corrected chi connectivity index (χ3v) is 7.19. The standard InChI is InChI=1S/C27H23BrN4O2S/c1-16-14-22(17(2)31(16)21-7-5-6-18(15-21)26(33)34)25-24(23-8-3-4-13-29-23)30-27(35)32(25)20-11-9-19(28)10-12-20/h3-15,24-25H,1-2H3,(H,30,35)(H,33,34)/t24-,25-/m1/s1. The minimum absolute atomic E-state index is 0.152. The van der Waals surface area contributed by atoms with E-state index in [4.69, 9.17) is 12.2 Å². The summed E-state index contributed by atoms with van der Waals surface area (Å²) in [5, 5.41) is 13.6. The molecule has 6 nitrogen and oxygen atoms in total. The highest BCUT2D eigenvalue weighted by molar-refractivity contribution is 9.10. The molecule has 0 amide bonds. The van der Waals surface area contributed by atoms with Crippen LogP contribution in [0.4, 0.5) is 5.69 Å². The normalized spacial score (nSPS) is 17.5. The lowest BCUT2D eigenvalue weighted by Gasteiger charge is -2.28. The van der Waals surface area contributed by atoms with Crippen molar-refractivity contribution >= 4 is 44.9 Å². The number of halogens is 1. The van der Waals surface area contributed by atoms with Gasteiger partial charge in [-0.3, -0.25) is 4.98 Å². The van der Waals surface area contributed by atoms with E-state index in [1.54, 1.807) is 24.4 Å². The number of hydrogen-bond acceptors (Lipinski definition) is 3. The number of aromatic carboxylic acids is 1. The molecule has 8 heteroatoms. The molecule has 1 fully saturated rings. The summed E-state index contributed by atoms with van der Waals surface area (Å²) in [4.78, 5) is 18.4. The number of carboxylic acid groups (broad SMARTS) is 1. The molecule has 0 bridgehead atoms. The van der Waals surface area contributed by atoms with E-state index >= 15 is 0 Å². The number of nitrogens with zero attached hydrogens (tertiary/aromatic N) is 3. The first-order chi connectivity index (χ1) is 16.8.